The fourth-order valence-corrected chi connectivity index (χ4v) is 2.67. The van der Waals surface area contributed by atoms with Gasteiger partial charge < -0.3 is 4.74 Å². The maximum atomic E-state index is 5.16. The third-order valence-electron chi connectivity index (χ3n) is 3.31. The van der Waals surface area contributed by atoms with Gasteiger partial charge >= 0.3 is 0 Å². The van der Waals surface area contributed by atoms with E-state index in [0.717, 1.165) is 33.4 Å². The molecule has 0 aliphatic rings. The summed E-state index contributed by atoms with van der Waals surface area (Å²) in [5.74, 6) is 0.833. The molecule has 0 amide bonds. The predicted octanol–water partition coefficient (Wildman–Crippen LogP) is 4.05. The Morgan fingerprint density at radius 3 is 2.57 bits per heavy atom. The third kappa shape index (κ3) is 3.73. The van der Waals surface area contributed by atoms with Gasteiger partial charge in [-0.15, -0.1) is 11.3 Å². The first-order valence-corrected chi connectivity index (χ1v) is 7.95. The molecule has 1 N–H and O–H groups in total. The summed E-state index contributed by atoms with van der Waals surface area (Å²) in [6.07, 6.45) is 3.50. The van der Waals surface area contributed by atoms with Crippen molar-refractivity contribution >= 4 is 22.2 Å². The van der Waals surface area contributed by atoms with Crippen molar-refractivity contribution in [3.8, 4) is 17.0 Å². The van der Waals surface area contributed by atoms with Gasteiger partial charge in [0.1, 0.15) is 5.75 Å². The minimum Gasteiger partial charge on any atom is -0.497 e. The van der Waals surface area contributed by atoms with E-state index in [9.17, 15) is 0 Å². The van der Waals surface area contributed by atoms with E-state index in [0.29, 0.717) is 0 Å². The molecule has 1 aromatic carbocycles. The van der Waals surface area contributed by atoms with Crippen molar-refractivity contribution in [2.24, 2.45) is 5.10 Å². The van der Waals surface area contributed by atoms with E-state index >= 15 is 0 Å². The van der Waals surface area contributed by atoms with Crippen LogP contribution >= 0.6 is 11.3 Å². The minimum atomic E-state index is 0.754. The van der Waals surface area contributed by atoms with Crippen LogP contribution in [0.4, 0.5) is 5.13 Å². The molecular weight excluding hydrogens is 308 g/mol. The monoisotopic (exact) mass is 324 g/mol. The summed E-state index contributed by atoms with van der Waals surface area (Å²) in [6.45, 7) is 1.94. The zero-order valence-corrected chi connectivity index (χ0v) is 13.7. The van der Waals surface area contributed by atoms with Gasteiger partial charge in [0.2, 0.25) is 5.13 Å². The Bertz CT molecular complexity index is 797. The molecule has 0 spiro atoms. The highest BCUT2D eigenvalue weighted by Crippen LogP contribution is 2.26. The Labute approximate surface area is 138 Å². The first-order chi connectivity index (χ1) is 11.3. The normalized spacial score (nSPS) is 11.3. The second-order valence-corrected chi connectivity index (χ2v) is 5.67. The van der Waals surface area contributed by atoms with Crippen LogP contribution in [0.3, 0.4) is 0 Å². The number of hydrogen-bond acceptors (Lipinski definition) is 6. The van der Waals surface area contributed by atoms with Crippen molar-refractivity contribution in [3.63, 3.8) is 0 Å². The Morgan fingerprint density at radius 1 is 1.13 bits per heavy atom. The average molecular weight is 324 g/mol. The lowest BCUT2D eigenvalue weighted by atomic mass is 10.2. The molecule has 0 radical (unpaired) electrons. The van der Waals surface area contributed by atoms with Crippen LogP contribution < -0.4 is 10.2 Å². The number of aromatic nitrogens is 2. The molecule has 3 rings (SSSR count). The molecule has 116 valence electrons. The summed E-state index contributed by atoms with van der Waals surface area (Å²) in [7, 11) is 1.66. The van der Waals surface area contributed by atoms with Gasteiger partial charge in [-0.1, -0.05) is 0 Å². The molecular formula is C17H16N4OS. The number of ether oxygens (including phenoxy) is 1. The number of anilines is 1. The number of benzene rings is 1. The van der Waals surface area contributed by atoms with E-state index in [1.54, 1.807) is 19.5 Å². The van der Waals surface area contributed by atoms with E-state index < -0.39 is 0 Å². The van der Waals surface area contributed by atoms with Gasteiger partial charge in [0.15, 0.2) is 0 Å². The van der Waals surface area contributed by atoms with E-state index in [-0.39, 0.29) is 0 Å². The number of hydrazone groups is 1. The molecule has 0 saturated heterocycles. The summed E-state index contributed by atoms with van der Waals surface area (Å²) in [5.41, 5.74) is 6.88. The molecule has 0 aliphatic heterocycles. The summed E-state index contributed by atoms with van der Waals surface area (Å²) in [5, 5.41) is 7.12. The van der Waals surface area contributed by atoms with Gasteiger partial charge in [-0.2, -0.15) is 5.10 Å². The van der Waals surface area contributed by atoms with Gasteiger partial charge in [0.25, 0.3) is 0 Å². The van der Waals surface area contributed by atoms with E-state index in [2.05, 4.69) is 20.5 Å². The van der Waals surface area contributed by atoms with Gasteiger partial charge in [0, 0.05) is 28.9 Å². The second-order valence-electron chi connectivity index (χ2n) is 4.81. The SMILES string of the molecule is COc1ccc(-c2csc(N/N=C(/C)c3ccncc3)n2)cc1. The van der Waals surface area contributed by atoms with E-state index in [4.69, 9.17) is 4.74 Å². The van der Waals surface area contributed by atoms with Crippen LogP contribution in [0.1, 0.15) is 12.5 Å². The number of thiazole rings is 1. The lowest BCUT2D eigenvalue weighted by Gasteiger charge is -2.01. The van der Waals surface area contributed by atoms with Crippen LogP contribution in [-0.4, -0.2) is 22.8 Å². The standard InChI is InChI=1S/C17H16N4OS/c1-12(13-7-9-18-10-8-13)20-21-17-19-16(11-23-17)14-3-5-15(22-2)6-4-14/h3-11H,1-2H3,(H,19,21)/b20-12-. The first kappa shape index (κ1) is 15.2. The third-order valence-corrected chi connectivity index (χ3v) is 4.05. The molecule has 2 aromatic heterocycles. The number of methoxy groups -OCH3 is 1. The van der Waals surface area contributed by atoms with Crippen molar-refractivity contribution < 1.29 is 4.74 Å². The van der Waals surface area contributed by atoms with Gasteiger partial charge in [-0.3, -0.25) is 10.4 Å². The highest BCUT2D eigenvalue weighted by atomic mass is 32.1. The van der Waals surface area contributed by atoms with E-state index in [1.807, 2.05) is 48.7 Å². The zero-order chi connectivity index (χ0) is 16.1. The summed E-state index contributed by atoms with van der Waals surface area (Å²) in [6, 6.07) is 11.7. The van der Waals surface area contributed by atoms with E-state index in [1.165, 1.54) is 11.3 Å². The fourth-order valence-electron chi connectivity index (χ4n) is 2.01. The molecule has 23 heavy (non-hydrogen) atoms. The van der Waals surface area contributed by atoms with Crippen molar-refractivity contribution in [2.75, 3.05) is 12.5 Å². The Balaban J connectivity index is 1.72. The maximum absolute atomic E-state index is 5.16. The molecule has 5 nitrogen and oxygen atoms in total. The van der Waals surface area contributed by atoms with Gasteiger partial charge in [-0.05, 0) is 43.3 Å². The fraction of sp³-hybridized carbons (Fsp3) is 0.118. The quantitative estimate of drug-likeness (QED) is 0.568. The Hall–Kier alpha value is -2.73. The van der Waals surface area contributed by atoms with Crippen molar-refractivity contribution in [3.05, 3.63) is 59.7 Å². The second kappa shape index (κ2) is 7.02. The largest absolute Gasteiger partial charge is 0.497 e. The molecule has 0 bridgehead atoms. The predicted molar refractivity (Wildman–Crippen MR) is 94.2 cm³/mol. The number of pyridine rings is 1. The Morgan fingerprint density at radius 2 is 1.87 bits per heavy atom. The van der Waals surface area contributed by atoms with Crippen LogP contribution in [0.2, 0.25) is 0 Å². The number of nitrogens with one attached hydrogen (secondary N) is 1. The number of hydrogen-bond donors (Lipinski definition) is 1. The van der Waals surface area contributed by atoms with Crippen LogP contribution in [0.15, 0.2) is 59.3 Å². The topological polar surface area (TPSA) is 59.4 Å². The Kier molecular flexibility index (Phi) is 4.63. The lowest BCUT2D eigenvalue weighted by molar-refractivity contribution is 0.415. The number of nitrogens with zero attached hydrogens (tertiary/aromatic N) is 3. The van der Waals surface area contributed by atoms with Crippen molar-refractivity contribution in [1.82, 2.24) is 9.97 Å². The molecule has 0 fully saturated rings. The molecule has 6 heteroatoms. The highest BCUT2D eigenvalue weighted by Gasteiger charge is 2.05. The summed E-state index contributed by atoms with van der Waals surface area (Å²) in [4.78, 5) is 8.55. The average Bonchev–Trinajstić information content (AvgIpc) is 3.09. The molecule has 2 heterocycles. The molecule has 0 saturated carbocycles. The van der Waals surface area contributed by atoms with Crippen LogP contribution in [-0.2, 0) is 0 Å². The highest BCUT2D eigenvalue weighted by molar-refractivity contribution is 7.14. The lowest BCUT2D eigenvalue weighted by Crippen LogP contribution is -1.99. The van der Waals surface area contributed by atoms with Gasteiger partial charge in [-0.25, -0.2) is 4.98 Å². The molecule has 0 unspecified atom stereocenters. The maximum Gasteiger partial charge on any atom is 0.203 e. The summed E-state index contributed by atoms with van der Waals surface area (Å²) < 4.78 is 5.16. The molecule has 0 atom stereocenters. The first-order valence-electron chi connectivity index (χ1n) is 7.07. The molecule has 3 aromatic rings. The zero-order valence-electron chi connectivity index (χ0n) is 12.9. The summed E-state index contributed by atoms with van der Waals surface area (Å²) >= 11 is 1.52. The minimum absolute atomic E-state index is 0.754. The van der Waals surface area contributed by atoms with Gasteiger partial charge in [0.05, 0.1) is 18.5 Å². The van der Waals surface area contributed by atoms with Crippen LogP contribution in [0, 0.1) is 0 Å². The van der Waals surface area contributed by atoms with Crippen LogP contribution in [0.25, 0.3) is 11.3 Å². The van der Waals surface area contributed by atoms with Crippen LogP contribution in [0.5, 0.6) is 5.75 Å². The molecule has 0 aliphatic carbocycles. The van der Waals surface area contributed by atoms with Crippen molar-refractivity contribution in [1.29, 1.82) is 0 Å². The number of rotatable bonds is 5. The smallest absolute Gasteiger partial charge is 0.203 e. The van der Waals surface area contributed by atoms with Crippen molar-refractivity contribution in [2.45, 2.75) is 6.92 Å².